The number of amides is 2. The molecule has 1 atom stereocenters. The van der Waals surface area contributed by atoms with Gasteiger partial charge in [0.05, 0.1) is 11.0 Å². The van der Waals surface area contributed by atoms with Gasteiger partial charge >= 0.3 is 6.03 Å². The van der Waals surface area contributed by atoms with Crippen LogP contribution in [0.25, 0.3) is 0 Å². The van der Waals surface area contributed by atoms with Crippen LogP contribution in [0.5, 0.6) is 0 Å². The molecule has 76 valence electrons. The molecular formula is C8H17N3OS. The quantitative estimate of drug-likeness (QED) is 0.662. The number of rotatable bonds is 4. The molecule has 0 aromatic rings. The number of nitrogens with one attached hydrogen (secondary N) is 1. The number of urea groups is 1. The lowest BCUT2D eigenvalue weighted by molar-refractivity contribution is 0.209. The maximum Gasteiger partial charge on any atom is 0.317 e. The predicted molar refractivity (Wildman–Crippen MR) is 57.7 cm³/mol. The maximum absolute atomic E-state index is 11.3. The summed E-state index contributed by atoms with van der Waals surface area (Å²) in [5.41, 5.74) is 5.44. The van der Waals surface area contributed by atoms with E-state index in [0.717, 1.165) is 6.42 Å². The van der Waals surface area contributed by atoms with Crippen molar-refractivity contribution in [3.05, 3.63) is 0 Å². The van der Waals surface area contributed by atoms with Crippen LogP contribution >= 0.6 is 12.2 Å². The summed E-state index contributed by atoms with van der Waals surface area (Å²) in [4.78, 5) is 13.3. The van der Waals surface area contributed by atoms with Crippen molar-refractivity contribution in [2.75, 3.05) is 13.6 Å². The third kappa shape index (κ3) is 4.07. The molecule has 13 heavy (non-hydrogen) atoms. The Hall–Kier alpha value is -0.840. The average molecular weight is 203 g/mol. The Morgan fingerprint density at radius 1 is 1.62 bits per heavy atom. The van der Waals surface area contributed by atoms with E-state index in [1.54, 1.807) is 11.9 Å². The fraction of sp³-hybridized carbons (Fsp3) is 0.750. The Morgan fingerprint density at radius 2 is 2.15 bits per heavy atom. The lowest BCUT2D eigenvalue weighted by atomic mass is 10.2. The van der Waals surface area contributed by atoms with Crippen molar-refractivity contribution >= 4 is 23.2 Å². The van der Waals surface area contributed by atoms with Gasteiger partial charge in [-0.15, -0.1) is 0 Å². The van der Waals surface area contributed by atoms with Crippen LogP contribution in [0.1, 0.15) is 20.3 Å². The maximum atomic E-state index is 11.3. The lowest BCUT2D eigenvalue weighted by Crippen LogP contribution is -2.47. The van der Waals surface area contributed by atoms with Gasteiger partial charge in [-0.1, -0.05) is 19.1 Å². The third-order valence-corrected chi connectivity index (χ3v) is 2.15. The molecule has 4 nitrogen and oxygen atoms in total. The van der Waals surface area contributed by atoms with Crippen LogP contribution in [-0.2, 0) is 0 Å². The molecule has 0 saturated carbocycles. The van der Waals surface area contributed by atoms with Crippen LogP contribution in [-0.4, -0.2) is 35.6 Å². The Balaban J connectivity index is 4.09. The van der Waals surface area contributed by atoms with Crippen molar-refractivity contribution in [1.29, 1.82) is 0 Å². The van der Waals surface area contributed by atoms with E-state index in [-0.39, 0.29) is 12.1 Å². The zero-order valence-electron chi connectivity index (χ0n) is 8.33. The van der Waals surface area contributed by atoms with Crippen molar-refractivity contribution < 1.29 is 4.79 Å². The Bertz CT molecular complexity index is 196. The first-order valence-electron chi connectivity index (χ1n) is 4.33. The van der Waals surface area contributed by atoms with E-state index in [9.17, 15) is 4.79 Å². The summed E-state index contributed by atoms with van der Waals surface area (Å²) in [7, 11) is 1.72. The van der Waals surface area contributed by atoms with Crippen molar-refractivity contribution in [2.45, 2.75) is 26.3 Å². The average Bonchev–Trinajstić information content (AvgIpc) is 2.11. The molecule has 0 aromatic heterocycles. The van der Waals surface area contributed by atoms with Crippen LogP contribution < -0.4 is 11.1 Å². The number of nitrogens with two attached hydrogens (primary N) is 1. The van der Waals surface area contributed by atoms with E-state index < -0.39 is 0 Å². The zero-order chi connectivity index (χ0) is 10.4. The molecule has 0 bridgehead atoms. The largest absolute Gasteiger partial charge is 0.392 e. The first-order valence-corrected chi connectivity index (χ1v) is 4.74. The minimum atomic E-state index is -0.198. The van der Waals surface area contributed by atoms with Crippen molar-refractivity contribution in [2.24, 2.45) is 5.73 Å². The van der Waals surface area contributed by atoms with Gasteiger partial charge in [0.25, 0.3) is 0 Å². The predicted octanol–water partition coefficient (Wildman–Crippen LogP) is 0.712. The summed E-state index contributed by atoms with van der Waals surface area (Å²) in [5.74, 6) is 0. The Morgan fingerprint density at radius 3 is 2.46 bits per heavy atom. The minimum Gasteiger partial charge on any atom is -0.392 e. The number of hydrogen-bond acceptors (Lipinski definition) is 2. The first kappa shape index (κ1) is 12.2. The second-order valence-electron chi connectivity index (χ2n) is 2.83. The smallest absolute Gasteiger partial charge is 0.317 e. The lowest BCUT2D eigenvalue weighted by Gasteiger charge is -2.20. The molecule has 0 radical (unpaired) electrons. The molecule has 1 unspecified atom stereocenters. The molecule has 0 spiro atoms. The number of carbonyl (C=O) groups excluding carboxylic acids is 1. The number of nitrogens with zero attached hydrogens (tertiary/aromatic N) is 1. The molecule has 3 N–H and O–H groups in total. The number of thiocarbonyl (C=S) groups is 1. The summed E-state index contributed by atoms with van der Waals surface area (Å²) < 4.78 is 0. The molecule has 5 heteroatoms. The van der Waals surface area contributed by atoms with Gasteiger partial charge in [-0.05, 0) is 13.3 Å². The fourth-order valence-corrected chi connectivity index (χ4v) is 1.00. The highest BCUT2D eigenvalue weighted by Gasteiger charge is 2.14. The summed E-state index contributed by atoms with van der Waals surface area (Å²) in [6.45, 7) is 4.50. The molecular weight excluding hydrogens is 186 g/mol. The highest BCUT2D eigenvalue weighted by molar-refractivity contribution is 7.80. The molecule has 0 aliphatic rings. The van der Waals surface area contributed by atoms with E-state index in [1.807, 2.05) is 13.8 Å². The van der Waals surface area contributed by atoms with Gasteiger partial charge in [-0.25, -0.2) is 4.79 Å². The Labute approximate surface area is 84.5 Å². The van der Waals surface area contributed by atoms with Crippen LogP contribution in [0.3, 0.4) is 0 Å². The summed E-state index contributed by atoms with van der Waals surface area (Å²) >= 11 is 4.80. The second kappa shape index (κ2) is 5.75. The third-order valence-electron chi connectivity index (χ3n) is 1.87. The first-order chi connectivity index (χ1) is 6.02. The summed E-state index contributed by atoms with van der Waals surface area (Å²) in [5, 5.41) is 2.74. The molecule has 0 rings (SSSR count). The second-order valence-corrected chi connectivity index (χ2v) is 3.30. The normalized spacial score (nSPS) is 11.9. The van der Waals surface area contributed by atoms with Gasteiger partial charge in [0.15, 0.2) is 0 Å². The van der Waals surface area contributed by atoms with Crippen LogP contribution in [0.15, 0.2) is 0 Å². The van der Waals surface area contributed by atoms with E-state index in [1.165, 1.54) is 0 Å². The van der Waals surface area contributed by atoms with Crippen LogP contribution in [0.4, 0.5) is 4.79 Å². The molecule has 0 aliphatic heterocycles. The van der Waals surface area contributed by atoms with Gasteiger partial charge in [0.2, 0.25) is 0 Å². The zero-order valence-corrected chi connectivity index (χ0v) is 9.15. The number of hydrogen-bond donors (Lipinski definition) is 2. The number of carbonyl (C=O) groups is 1. The highest BCUT2D eigenvalue weighted by Crippen LogP contribution is 1.93. The Kier molecular flexibility index (Phi) is 5.37. The van der Waals surface area contributed by atoms with Gasteiger partial charge in [-0.2, -0.15) is 0 Å². The SMILES string of the molecule is CCC(NC(=O)N(C)CC)C(N)=S. The standard InChI is InChI=1S/C8H17N3OS/c1-4-6(7(9)13)10-8(12)11(3)5-2/h6H,4-5H2,1-3H3,(H2,9,13)(H,10,12). The molecule has 0 aliphatic carbocycles. The molecule has 0 fully saturated rings. The van der Waals surface area contributed by atoms with Gasteiger partial charge in [0.1, 0.15) is 0 Å². The molecule has 2 amide bonds. The van der Waals surface area contributed by atoms with Crippen molar-refractivity contribution in [3.63, 3.8) is 0 Å². The summed E-state index contributed by atoms with van der Waals surface area (Å²) in [6.07, 6.45) is 0.721. The van der Waals surface area contributed by atoms with Crippen LogP contribution in [0, 0.1) is 0 Å². The minimum absolute atomic E-state index is 0.137. The molecule has 0 saturated heterocycles. The van der Waals surface area contributed by atoms with Crippen molar-refractivity contribution in [3.8, 4) is 0 Å². The van der Waals surface area contributed by atoms with E-state index in [2.05, 4.69) is 5.32 Å². The van der Waals surface area contributed by atoms with Gasteiger partial charge in [0, 0.05) is 13.6 Å². The highest BCUT2D eigenvalue weighted by atomic mass is 32.1. The molecule has 0 aromatic carbocycles. The monoisotopic (exact) mass is 203 g/mol. The van der Waals surface area contributed by atoms with Gasteiger partial charge in [-0.3, -0.25) is 0 Å². The van der Waals surface area contributed by atoms with Crippen LogP contribution in [0.2, 0.25) is 0 Å². The topological polar surface area (TPSA) is 58.4 Å². The van der Waals surface area contributed by atoms with E-state index >= 15 is 0 Å². The van der Waals surface area contributed by atoms with E-state index in [0.29, 0.717) is 11.5 Å². The van der Waals surface area contributed by atoms with E-state index in [4.69, 9.17) is 18.0 Å². The fourth-order valence-electron chi connectivity index (χ4n) is 0.777. The molecule has 0 heterocycles. The van der Waals surface area contributed by atoms with Gasteiger partial charge < -0.3 is 16.0 Å². The summed E-state index contributed by atoms with van der Waals surface area (Å²) in [6, 6.07) is -0.335. The van der Waals surface area contributed by atoms with Crippen molar-refractivity contribution in [1.82, 2.24) is 10.2 Å².